The second-order valence-corrected chi connectivity index (χ2v) is 7.93. The quantitative estimate of drug-likeness (QED) is 0.772. The molecule has 0 radical (unpaired) electrons. The molecular weight excluding hydrogens is 353 g/mol. The molecule has 1 aliphatic rings. The number of carboxylic acid groups (broad SMARTS) is 1. The fourth-order valence-electron chi connectivity index (χ4n) is 2.48. The van der Waals surface area contributed by atoms with E-state index < -0.39 is 33.5 Å². The molecule has 1 fully saturated rings. The molecule has 138 valence electrons. The summed E-state index contributed by atoms with van der Waals surface area (Å²) in [5.74, 6) is -3.55. The molecular formula is C15H20FN3O5S. The third-order valence-corrected chi connectivity index (χ3v) is 5.67. The molecule has 2 rings (SSSR count). The predicted octanol–water partition coefficient (Wildman–Crippen LogP) is 1.05. The molecule has 0 aliphatic heterocycles. The molecule has 0 atom stereocenters. The number of rotatable bonds is 6. The monoisotopic (exact) mass is 373 g/mol. The van der Waals surface area contributed by atoms with Gasteiger partial charge in [-0.25, -0.2) is 13.9 Å². The van der Waals surface area contributed by atoms with Crippen LogP contribution in [0.2, 0.25) is 0 Å². The van der Waals surface area contributed by atoms with Crippen LogP contribution < -0.4 is 9.62 Å². The summed E-state index contributed by atoms with van der Waals surface area (Å²) >= 11 is 0. The molecule has 0 aromatic heterocycles. The largest absolute Gasteiger partial charge is 0.478 e. The van der Waals surface area contributed by atoms with Crippen molar-refractivity contribution in [3.8, 4) is 0 Å². The molecule has 0 spiro atoms. The third kappa shape index (κ3) is 3.74. The van der Waals surface area contributed by atoms with Crippen LogP contribution in [0.4, 0.5) is 10.1 Å². The van der Waals surface area contributed by atoms with Crippen molar-refractivity contribution in [2.45, 2.75) is 25.3 Å². The highest BCUT2D eigenvalue weighted by Gasteiger charge is 2.31. The Balaban J connectivity index is 2.51. The van der Waals surface area contributed by atoms with Gasteiger partial charge < -0.3 is 10.0 Å². The van der Waals surface area contributed by atoms with E-state index >= 15 is 0 Å². The molecule has 0 saturated heterocycles. The Hall–Kier alpha value is -2.20. The van der Waals surface area contributed by atoms with Gasteiger partial charge in [0.1, 0.15) is 0 Å². The van der Waals surface area contributed by atoms with Gasteiger partial charge in [0.05, 0.1) is 16.8 Å². The summed E-state index contributed by atoms with van der Waals surface area (Å²) in [6.45, 7) is 0. The van der Waals surface area contributed by atoms with Gasteiger partial charge in [0, 0.05) is 27.2 Å². The molecule has 1 aliphatic carbocycles. The molecule has 10 heteroatoms. The maximum Gasteiger partial charge on any atom is 0.338 e. The molecule has 0 heterocycles. The summed E-state index contributed by atoms with van der Waals surface area (Å²) in [4.78, 5) is 25.1. The standard InChI is InChI=1S/C15H20FN3O5S/c1-18(2)25(23,24)17-14(20)11-8-7-10(15(21)22)12(16)13(11)19(3)9-5-4-6-9/h7-9H,4-6H2,1-3H3,(H,17,20)(H,21,22). The van der Waals surface area contributed by atoms with Crippen LogP contribution in [0.3, 0.4) is 0 Å². The number of nitrogens with zero attached hydrogens (tertiary/aromatic N) is 2. The molecule has 8 nitrogen and oxygen atoms in total. The summed E-state index contributed by atoms with van der Waals surface area (Å²) in [6.07, 6.45) is 2.51. The fourth-order valence-corrected chi connectivity index (χ4v) is 3.00. The molecule has 1 aromatic rings. The zero-order chi connectivity index (χ0) is 18.9. The van der Waals surface area contributed by atoms with Gasteiger partial charge in [-0.1, -0.05) is 0 Å². The topological polar surface area (TPSA) is 107 Å². The van der Waals surface area contributed by atoms with E-state index in [0.717, 1.165) is 35.7 Å². The summed E-state index contributed by atoms with van der Waals surface area (Å²) in [5, 5.41) is 9.11. The first-order valence-electron chi connectivity index (χ1n) is 7.59. The van der Waals surface area contributed by atoms with Gasteiger partial charge in [-0.2, -0.15) is 12.7 Å². The minimum atomic E-state index is -4.06. The van der Waals surface area contributed by atoms with Crippen LogP contribution in [-0.2, 0) is 10.2 Å². The maximum atomic E-state index is 14.7. The van der Waals surface area contributed by atoms with Crippen LogP contribution in [0.25, 0.3) is 0 Å². The van der Waals surface area contributed by atoms with E-state index in [1.807, 2.05) is 4.72 Å². The minimum absolute atomic E-state index is 0.0319. The zero-order valence-electron chi connectivity index (χ0n) is 14.1. The Labute approximate surface area is 145 Å². The SMILES string of the molecule is CN(c1c(C(=O)NS(=O)(=O)N(C)C)ccc(C(=O)O)c1F)C1CCC1. The molecule has 1 saturated carbocycles. The van der Waals surface area contributed by atoms with Crippen molar-refractivity contribution >= 4 is 27.8 Å². The van der Waals surface area contributed by atoms with E-state index in [0.29, 0.717) is 0 Å². The first-order chi connectivity index (χ1) is 11.6. The van der Waals surface area contributed by atoms with E-state index in [1.165, 1.54) is 19.0 Å². The van der Waals surface area contributed by atoms with Gasteiger partial charge in [-0.15, -0.1) is 0 Å². The average Bonchev–Trinajstić information content (AvgIpc) is 2.43. The molecule has 25 heavy (non-hydrogen) atoms. The lowest BCUT2D eigenvalue weighted by molar-refractivity contribution is 0.0691. The average molecular weight is 373 g/mol. The number of amides is 1. The van der Waals surface area contributed by atoms with E-state index in [1.54, 1.807) is 7.05 Å². The first-order valence-corrected chi connectivity index (χ1v) is 9.03. The second kappa shape index (κ2) is 6.96. The molecule has 0 bridgehead atoms. The van der Waals surface area contributed by atoms with Gasteiger partial charge in [0.25, 0.3) is 5.91 Å². The van der Waals surface area contributed by atoms with Gasteiger partial charge in [-0.3, -0.25) is 4.79 Å². The van der Waals surface area contributed by atoms with Crippen LogP contribution in [0.1, 0.15) is 40.0 Å². The number of carbonyl (C=O) groups is 2. The first kappa shape index (κ1) is 19.1. The van der Waals surface area contributed by atoms with Gasteiger partial charge >= 0.3 is 16.2 Å². The number of anilines is 1. The van der Waals surface area contributed by atoms with Crippen molar-refractivity contribution in [2.75, 3.05) is 26.0 Å². The summed E-state index contributed by atoms with van der Waals surface area (Å²) in [6, 6.07) is 2.04. The summed E-state index contributed by atoms with van der Waals surface area (Å²) in [7, 11) is -0.0197. The van der Waals surface area contributed by atoms with Gasteiger partial charge in [0.15, 0.2) is 5.82 Å². The number of hydrogen-bond donors (Lipinski definition) is 2. The Morgan fingerprint density at radius 3 is 2.20 bits per heavy atom. The minimum Gasteiger partial charge on any atom is -0.478 e. The number of halogens is 1. The highest BCUT2D eigenvalue weighted by Crippen LogP contribution is 2.33. The van der Waals surface area contributed by atoms with Crippen LogP contribution in [0.5, 0.6) is 0 Å². The number of aromatic carboxylic acids is 1. The number of carbonyl (C=O) groups excluding carboxylic acids is 1. The third-order valence-electron chi connectivity index (χ3n) is 4.27. The molecule has 1 aromatic carbocycles. The van der Waals surface area contributed by atoms with Crippen molar-refractivity contribution in [1.29, 1.82) is 0 Å². The molecule has 2 N–H and O–H groups in total. The number of nitrogens with one attached hydrogen (secondary N) is 1. The second-order valence-electron chi connectivity index (χ2n) is 6.04. The van der Waals surface area contributed by atoms with E-state index in [2.05, 4.69) is 0 Å². The lowest BCUT2D eigenvalue weighted by Gasteiger charge is -2.37. The summed E-state index contributed by atoms with van der Waals surface area (Å²) in [5.41, 5.74) is -1.02. The Bertz CT molecular complexity index is 806. The Morgan fingerprint density at radius 1 is 1.20 bits per heavy atom. The van der Waals surface area contributed by atoms with Crippen LogP contribution in [0, 0.1) is 5.82 Å². The number of benzene rings is 1. The molecule has 1 amide bonds. The van der Waals surface area contributed by atoms with Crippen molar-refractivity contribution < 1.29 is 27.5 Å². The van der Waals surface area contributed by atoms with Crippen molar-refractivity contribution in [3.05, 3.63) is 29.1 Å². The van der Waals surface area contributed by atoms with Crippen LogP contribution in [-0.4, -0.2) is 56.9 Å². The van der Waals surface area contributed by atoms with Crippen molar-refractivity contribution in [3.63, 3.8) is 0 Å². The highest BCUT2D eigenvalue weighted by molar-refractivity contribution is 7.87. The molecule has 0 unspecified atom stereocenters. The fraction of sp³-hybridized carbons (Fsp3) is 0.467. The Kier molecular flexibility index (Phi) is 5.33. The summed E-state index contributed by atoms with van der Waals surface area (Å²) < 4.78 is 41.1. The normalized spacial score (nSPS) is 14.9. The van der Waals surface area contributed by atoms with Crippen LogP contribution in [0.15, 0.2) is 12.1 Å². The van der Waals surface area contributed by atoms with E-state index in [4.69, 9.17) is 5.11 Å². The predicted molar refractivity (Wildman–Crippen MR) is 89.5 cm³/mol. The number of carboxylic acids is 1. The van der Waals surface area contributed by atoms with E-state index in [9.17, 15) is 22.4 Å². The lowest BCUT2D eigenvalue weighted by Crippen LogP contribution is -2.42. The zero-order valence-corrected chi connectivity index (χ0v) is 14.9. The van der Waals surface area contributed by atoms with E-state index in [-0.39, 0.29) is 17.3 Å². The highest BCUT2D eigenvalue weighted by atomic mass is 32.2. The van der Waals surface area contributed by atoms with Gasteiger partial charge in [-0.05, 0) is 31.4 Å². The van der Waals surface area contributed by atoms with Crippen molar-refractivity contribution in [2.24, 2.45) is 0 Å². The van der Waals surface area contributed by atoms with Crippen LogP contribution >= 0.6 is 0 Å². The number of hydrogen-bond acceptors (Lipinski definition) is 5. The lowest BCUT2D eigenvalue weighted by atomic mass is 9.90. The maximum absolute atomic E-state index is 14.7. The van der Waals surface area contributed by atoms with Crippen molar-refractivity contribution in [1.82, 2.24) is 9.03 Å². The smallest absolute Gasteiger partial charge is 0.338 e. The Morgan fingerprint density at radius 2 is 1.76 bits per heavy atom. The van der Waals surface area contributed by atoms with Gasteiger partial charge in [0.2, 0.25) is 0 Å².